The highest BCUT2D eigenvalue weighted by atomic mass is 16.4. The molecule has 1 aromatic heterocycles. The summed E-state index contributed by atoms with van der Waals surface area (Å²) in [7, 11) is 2.12. The molecule has 6 heteroatoms. The second-order valence-corrected chi connectivity index (χ2v) is 7.17. The van der Waals surface area contributed by atoms with E-state index in [2.05, 4.69) is 33.1 Å². The summed E-state index contributed by atoms with van der Waals surface area (Å²) in [5.74, 6) is 2.04. The highest BCUT2D eigenvalue weighted by Crippen LogP contribution is 2.39. The van der Waals surface area contributed by atoms with Gasteiger partial charge >= 0.3 is 0 Å². The lowest BCUT2D eigenvalue weighted by molar-refractivity contribution is 0.204. The fraction of sp³-hybridized carbons (Fsp3) is 0.526. The Balaban J connectivity index is 1.32. The highest BCUT2D eigenvalue weighted by molar-refractivity contribution is 5.37. The third-order valence-corrected chi connectivity index (χ3v) is 5.20. The van der Waals surface area contributed by atoms with E-state index in [0.29, 0.717) is 18.5 Å². The lowest BCUT2D eigenvalue weighted by atomic mass is 10.1. The minimum Gasteiger partial charge on any atom is -0.424 e. The molecule has 2 fully saturated rings. The molecular formula is C19H23N5O. The van der Waals surface area contributed by atoms with Crippen molar-refractivity contribution in [3.05, 3.63) is 47.2 Å². The van der Waals surface area contributed by atoms with Crippen molar-refractivity contribution < 1.29 is 4.42 Å². The number of likely N-dealkylation sites (N-methyl/N-ethyl adjacent to an activating group) is 1. The molecule has 0 spiro atoms. The number of nitriles is 1. The molecule has 6 nitrogen and oxygen atoms in total. The zero-order valence-electron chi connectivity index (χ0n) is 14.6. The zero-order chi connectivity index (χ0) is 17.2. The highest BCUT2D eigenvalue weighted by Gasteiger charge is 2.30. The number of likely N-dealkylation sites (tertiary alicyclic amines) is 1. The molecule has 2 heterocycles. The lowest BCUT2D eigenvalue weighted by Gasteiger charge is -2.23. The van der Waals surface area contributed by atoms with Crippen LogP contribution >= 0.6 is 0 Å². The normalized spacial score (nSPS) is 20.9. The van der Waals surface area contributed by atoms with Crippen LogP contribution in [-0.4, -0.2) is 46.2 Å². The molecule has 130 valence electrons. The van der Waals surface area contributed by atoms with Crippen molar-refractivity contribution >= 4 is 0 Å². The van der Waals surface area contributed by atoms with E-state index in [-0.39, 0.29) is 0 Å². The first kappa shape index (κ1) is 16.2. The summed E-state index contributed by atoms with van der Waals surface area (Å²) >= 11 is 0. The van der Waals surface area contributed by atoms with Gasteiger partial charge in [0.15, 0.2) is 0 Å². The Bertz CT molecular complexity index is 776. The average Bonchev–Trinajstić information content (AvgIpc) is 3.19. The predicted octanol–water partition coefficient (Wildman–Crippen LogP) is 2.52. The minimum absolute atomic E-state index is 0.477. The van der Waals surface area contributed by atoms with E-state index in [0.717, 1.165) is 49.0 Å². The standard InChI is InChI=1S/C19H23N5O/c1-23(13-18-21-22-19(25-18)14-6-7-14)17-8-9-24(12-17)11-16-5-3-2-4-15(16)10-20/h2-5,14,17H,6-9,11-13H2,1H3. The van der Waals surface area contributed by atoms with Crippen molar-refractivity contribution in [2.24, 2.45) is 0 Å². The molecule has 1 atom stereocenters. The van der Waals surface area contributed by atoms with Gasteiger partial charge in [-0.2, -0.15) is 5.26 Å². The van der Waals surface area contributed by atoms with Crippen LogP contribution < -0.4 is 0 Å². The van der Waals surface area contributed by atoms with Crippen LogP contribution in [0.2, 0.25) is 0 Å². The molecular weight excluding hydrogens is 314 g/mol. The van der Waals surface area contributed by atoms with Gasteiger partial charge in [-0.15, -0.1) is 10.2 Å². The van der Waals surface area contributed by atoms with Crippen molar-refractivity contribution in [3.63, 3.8) is 0 Å². The van der Waals surface area contributed by atoms with Gasteiger partial charge in [0.1, 0.15) is 0 Å². The first-order valence-electron chi connectivity index (χ1n) is 8.96. The van der Waals surface area contributed by atoms with Gasteiger partial charge in [0, 0.05) is 31.6 Å². The van der Waals surface area contributed by atoms with E-state index >= 15 is 0 Å². The molecule has 0 N–H and O–H groups in total. The van der Waals surface area contributed by atoms with Crippen molar-refractivity contribution in [1.82, 2.24) is 20.0 Å². The van der Waals surface area contributed by atoms with Crippen LogP contribution in [0.5, 0.6) is 0 Å². The van der Waals surface area contributed by atoms with Crippen molar-refractivity contribution in [2.45, 2.75) is 44.3 Å². The topological polar surface area (TPSA) is 69.2 Å². The minimum atomic E-state index is 0.477. The van der Waals surface area contributed by atoms with Gasteiger partial charge in [-0.25, -0.2) is 0 Å². The fourth-order valence-electron chi connectivity index (χ4n) is 3.49. The van der Waals surface area contributed by atoms with Gasteiger partial charge in [-0.1, -0.05) is 18.2 Å². The Morgan fingerprint density at radius 3 is 2.92 bits per heavy atom. The molecule has 0 radical (unpaired) electrons. The van der Waals surface area contributed by atoms with Gasteiger partial charge in [-0.05, 0) is 37.9 Å². The Morgan fingerprint density at radius 2 is 2.12 bits per heavy atom. The van der Waals surface area contributed by atoms with Crippen LogP contribution in [-0.2, 0) is 13.1 Å². The van der Waals surface area contributed by atoms with Gasteiger partial charge < -0.3 is 4.42 Å². The first-order valence-corrected chi connectivity index (χ1v) is 8.96. The SMILES string of the molecule is CN(Cc1nnc(C2CC2)o1)C1CCN(Cc2ccccc2C#N)C1. The van der Waals surface area contributed by atoms with Crippen LogP contribution in [0.4, 0.5) is 0 Å². The van der Waals surface area contributed by atoms with E-state index in [4.69, 9.17) is 4.42 Å². The molecule has 1 aliphatic heterocycles. The molecule has 1 unspecified atom stereocenters. The molecule has 2 aromatic rings. The third kappa shape index (κ3) is 3.73. The summed E-state index contributed by atoms with van der Waals surface area (Å²) in [6.45, 7) is 3.58. The van der Waals surface area contributed by atoms with Crippen LogP contribution in [0.25, 0.3) is 0 Å². The zero-order valence-corrected chi connectivity index (χ0v) is 14.6. The van der Waals surface area contributed by atoms with Gasteiger partial charge in [0.2, 0.25) is 11.8 Å². The molecule has 1 saturated heterocycles. The van der Waals surface area contributed by atoms with E-state index in [9.17, 15) is 5.26 Å². The van der Waals surface area contributed by atoms with Crippen molar-refractivity contribution in [2.75, 3.05) is 20.1 Å². The predicted molar refractivity (Wildman–Crippen MR) is 92.6 cm³/mol. The molecule has 2 aliphatic rings. The maximum absolute atomic E-state index is 9.24. The summed E-state index contributed by atoms with van der Waals surface area (Å²) in [6.07, 6.45) is 3.48. The smallest absolute Gasteiger partial charge is 0.230 e. The summed E-state index contributed by atoms with van der Waals surface area (Å²) in [6, 6.07) is 10.6. The molecule has 1 aromatic carbocycles. The first-order chi connectivity index (χ1) is 12.2. The van der Waals surface area contributed by atoms with Gasteiger partial charge in [-0.3, -0.25) is 9.80 Å². The number of rotatable bonds is 6. The largest absolute Gasteiger partial charge is 0.424 e. The summed E-state index contributed by atoms with van der Waals surface area (Å²) < 4.78 is 5.78. The molecule has 4 rings (SSSR count). The molecule has 1 aliphatic carbocycles. The molecule has 25 heavy (non-hydrogen) atoms. The average molecular weight is 337 g/mol. The number of nitrogens with zero attached hydrogens (tertiary/aromatic N) is 5. The Morgan fingerprint density at radius 1 is 1.28 bits per heavy atom. The number of aromatic nitrogens is 2. The Hall–Kier alpha value is -2.23. The van der Waals surface area contributed by atoms with E-state index in [1.807, 2.05) is 24.3 Å². The second-order valence-electron chi connectivity index (χ2n) is 7.17. The number of benzene rings is 1. The maximum Gasteiger partial charge on any atom is 0.230 e. The number of hydrogen-bond acceptors (Lipinski definition) is 6. The Kier molecular flexibility index (Phi) is 4.51. The quantitative estimate of drug-likeness (QED) is 0.807. The third-order valence-electron chi connectivity index (χ3n) is 5.20. The maximum atomic E-state index is 9.24. The molecule has 1 saturated carbocycles. The number of hydrogen-bond donors (Lipinski definition) is 0. The summed E-state index contributed by atoms with van der Waals surface area (Å²) in [5.41, 5.74) is 1.89. The van der Waals surface area contributed by atoms with Crippen LogP contribution in [0.1, 0.15) is 48.1 Å². The van der Waals surface area contributed by atoms with Gasteiger partial charge in [0.05, 0.1) is 18.2 Å². The van der Waals surface area contributed by atoms with Crippen LogP contribution in [0, 0.1) is 11.3 Å². The summed E-state index contributed by atoms with van der Waals surface area (Å²) in [4.78, 5) is 4.72. The fourth-order valence-corrected chi connectivity index (χ4v) is 3.49. The van der Waals surface area contributed by atoms with E-state index in [1.165, 1.54) is 12.8 Å². The molecule has 0 bridgehead atoms. The van der Waals surface area contributed by atoms with Crippen molar-refractivity contribution in [3.8, 4) is 6.07 Å². The van der Waals surface area contributed by atoms with Gasteiger partial charge in [0.25, 0.3) is 0 Å². The monoisotopic (exact) mass is 337 g/mol. The van der Waals surface area contributed by atoms with Crippen LogP contribution in [0.15, 0.2) is 28.7 Å². The van der Waals surface area contributed by atoms with Crippen molar-refractivity contribution in [1.29, 1.82) is 5.26 Å². The van der Waals surface area contributed by atoms with E-state index < -0.39 is 0 Å². The van der Waals surface area contributed by atoms with E-state index in [1.54, 1.807) is 0 Å². The lowest BCUT2D eigenvalue weighted by Crippen LogP contribution is -2.34. The Labute approximate surface area is 148 Å². The summed E-state index contributed by atoms with van der Waals surface area (Å²) in [5, 5.41) is 17.6. The second kappa shape index (κ2) is 6.95. The van der Waals surface area contributed by atoms with Crippen LogP contribution in [0.3, 0.4) is 0 Å². The molecule has 0 amide bonds.